The first-order chi connectivity index (χ1) is 10.1. The molecule has 3 rings (SSSR count). The Labute approximate surface area is 138 Å². The van der Waals surface area contributed by atoms with Crippen molar-refractivity contribution in [2.24, 2.45) is 0 Å². The minimum absolute atomic E-state index is 0. The standard InChI is InChI=1S/C17H24N2O2.ClH/c1-12-7-8-13(21-12)9-10-17(20)19-11-3-4-14-15(18)5-2-6-16(14)19;/h2,5-6,12-13H,3-4,7-11,18H2,1H3;1H. The molecule has 4 nitrogen and oxygen atoms in total. The average Bonchev–Trinajstić information content (AvgIpc) is 2.90. The van der Waals surface area contributed by atoms with Crippen molar-refractivity contribution in [1.82, 2.24) is 0 Å². The minimum Gasteiger partial charge on any atom is -0.398 e. The molecule has 2 aliphatic heterocycles. The van der Waals surface area contributed by atoms with Crippen molar-refractivity contribution in [2.75, 3.05) is 17.2 Å². The Balaban J connectivity index is 0.00000176. The number of hydrogen-bond donors (Lipinski definition) is 1. The third-order valence-electron chi connectivity index (χ3n) is 4.59. The molecule has 2 aliphatic rings. The number of ether oxygens (including phenoxy) is 1. The molecule has 0 aromatic heterocycles. The first-order valence-electron chi connectivity index (χ1n) is 7.98. The van der Waals surface area contributed by atoms with Crippen LogP contribution in [0.25, 0.3) is 0 Å². The van der Waals surface area contributed by atoms with Crippen LogP contribution in [0.3, 0.4) is 0 Å². The Morgan fingerprint density at radius 2 is 2.23 bits per heavy atom. The third-order valence-corrected chi connectivity index (χ3v) is 4.59. The predicted octanol–water partition coefficient (Wildman–Crippen LogP) is 3.32. The highest BCUT2D eigenvalue weighted by Crippen LogP contribution is 2.32. The van der Waals surface area contributed by atoms with E-state index in [9.17, 15) is 4.79 Å². The Morgan fingerprint density at radius 1 is 1.41 bits per heavy atom. The van der Waals surface area contributed by atoms with Crippen molar-refractivity contribution < 1.29 is 9.53 Å². The van der Waals surface area contributed by atoms with Crippen molar-refractivity contribution in [3.63, 3.8) is 0 Å². The van der Waals surface area contributed by atoms with Gasteiger partial charge in [0.25, 0.3) is 0 Å². The molecule has 0 spiro atoms. The molecule has 122 valence electrons. The maximum Gasteiger partial charge on any atom is 0.227 e. The largest absolute Gasteiger partial charge is 0.398 e. The molecule has 1 aromatic carbocycles. The van der Waals surface area contributed by atoms with Gasteiger partial charge in [-0.15, -0.1) is 12.4 Å². The van der Waals surface area contributed by atoms with Gasteiger partial charge in [0.2, 0.25) is 5.91 Å². The van der Waals surface area contributed by atoms with Crippen molar-refractivity contribution in [2.45, 2.75) is 57.7 Å². The summed E-state index contributed by atoms with van der Waals surface area (Å²) in [6.45, 7) is 2.91. The van der Waals surface area contributed by atoms with E-state index in [1.807, 2.05) is 23.1 Å². The summed E-state index contributed by atoms with van der Waals surface area (Å²) < 4.78 is 5.80. The van der Waals surface area contributed by atoms with Gasteiger partial charge in [-0.1, -0.05) is 6.07 Å². The highest BCUT2D eigenvalue weighted by Gasteiger charge is 2.26. The van der Waals surface area contributed by atoms with Gasteiger partial charge in [-0.25, -0.2) is 0 Å². The molecule has 0 radical (unpaired) electrons. The molecule has 1 aromatic rings. The fraction of sp³-hybridized carbons (Fsp3) is 0.588. The van der Waals surface area contributed by atoms with E-state index in [-0.39, 0.29) is 24.4 Å². The highest BCUT2D eigenvalue weighted by atomic mass is 35.5. The number of carbonyl (C=O) groups is 1. The number of fused-ring (bicyclic) bond motifs is 1. The van der Waals surface area contributed by atoms with E-state index >= 15 is 0 Å². The van der Waals surface area contributed by atoms with Crippen molar-refractivity contribution in [3.8, 4) is 0 Å². The summed E-state index contributed by atoms with van der Waals surface area (Å²) in [5.41, 5.74) is 8.97. The second kappa shape index (κ2) is 7.34. The minimum atomic E-state index is 0. The Morgan fingerprint density at radius 3 is 2.95 bits per heavy atom. The average molecular weight is 325 g/mol. The summed E-state index contributed by atoms with van der Waals surface area (Å²) in [7, 11) is 0. The second-order valence-electron chi connectivity index (χ2n) is 6.18. The zero-order chi connectivity index (χ0) is 14.8. The summed E-state index contributed by atoms with van der Waals surface area (Å²) in [5, 5.41) is 0. The molecule has 5 heteroatoms. The smallest absolute Gasteiger partial charge is 0.227 e. The quantitative estimate of drug-likeness (QED) is 0.868. The SMILES string of the molecule is CC1CCC(CCC(=O)N2CCCc3c(N)cccc32)O1.Cl. The van der Waals surface area contributed by atoms with Gasteiger partial charge in [0.15, 0.2) is 0 Å². The molecule has 2 heterocycles. The van der Waals surface area contributed by atoms with Crippen LogP contribution in [0.15, 0.2) is 18.2 Å². The fourth-order valence-corrected chi connectivity index (χ4v) is 3.43. The summed E-state index contributed by atoms with van der Waals surface area (Å²) in [6.07, 6.45) is 6.15. The van der Waals surface area contributed by atoms with Crippen molar-refractivity contribution in [1.29, 1.82) is 0 Å². The van der Waals surface area contributed by atoms with Gasteiger partial charge in [0.05, 0.1) is 12.2 Å². The van der Waals surface area contributed by atoms with E-state index in [4.69, 9.17) is 10.5 Å². The van der Waals surface area contributed by atoms with E-state index in [1.54, 1.807) is 0 Å². The molecule has 0 saturated carbocycles. The Bertz CT molecular complexity index is 535. The number of amides is 1. The topological polar surface area (TPSA) is 55.6 Å². The number of benzene rings is 1. The van der Waals surface area contributed by atoms with Gasteiger partial charge >= 0.3 is 0 Å². The molecule has 1 amide bonds. The van der Waals surface area contributed by atoms with Crippen LogP contribution in [0, 0.1) is 0 Å². The molecular weight excluding hydrogens is 300 g/mol. The number of anilines is 2. The highest BCUT2D eigenvalue weighted by molar-refractivity contribution is 5.95. The van der Waals surface area contributed by atoms with Crippen molar-refractivity contribution in [3.05, 3.63) is 23.8 Å². The fourth-order valence-electron chi connectivity index (χ4n) is 3.43. The summed E-state index contributed by atoms with van der Waals surface area (Å²) in [5.74, 6) is 0.199. The lowest BCUT2D eigenvalue weighted by Gasteiger charge is -2.30. The molecule has 1 saturated heterocycles. The van der Waals surface area contributed by atoms with Gasteiger partial charge in [0, 0.05) is 24.3 Å². The Kier molecular flexibility index (Phi) is 5.70. The van der Waals surface area contributed by atoms with Crippen LogP contribution in [0.1, 0.15) is 44.6 Å². The van der Waals surface area contributed by atoms with E-state index in [1.165, 1.54) is 0 Å². The van der Waals surface area contributed by atoms with Crippen LogP contribution in [-0.4, -0.2) is 24.7 Å². The zero-order valence-electron chi connectivity index (χ0n) is 13.1. The van der Waals surface area contributed by atoms with Crippen LogP contribution in [0.2, 0.25) is 0 Å². The molecule has 2 unspecified atom stereocenters. The molecule has 0 bridgehead atoms. The lowest BCUT2D eigenvalue weighted by atomic mass is 9.99. The first kappa shape index (κ1) is 17.1. The normalized spacial score (nSPS) is 23.8. The van der Waals surface area contributed by atoms with Crippen LogP contribution in [-0.2, 0) is 16.0 Å². The lowest BCUT2D eigenvalue weighted by molar-refractivity contribution is -0.119. The number of hydrogen-bond acceptors (Lipinski definition) is 3. The number of halogens is 1. The van der Waals surface area contributed by atoms with Gasteiger partial charge in [-0.3, -0.25) is 4.79 Å². The van der Waals surface area contributed by atoms with Gasteiger partial charge < -0.3 is 15.4 Å². The maximum atomic E-state index is 12.5. The monoisotopic (exact) mass is 324 g/mol. The lowest BCUT2D eigenvalue weighted by Crippen LogP contribution is -2.36. The first-order valence-corrected chi connectivity index (χ1v) is 7.98. The summed E-state index contributed by atoms with van der Waals surface area (Å²) >= 11 is 0. The molecule has 0 aliphatic carbocycles. The number of nitrogen functional groups attached to an aromatic ring is 1. The van der Waals surface area contributed by atoms with Crippen LogP contribution in [0.4, 0.5) is 11.4 Å². The summed E-state index contributed by atoms with van der Waals surface area (Å²) in [6, 6.07) is 5.86. The van der Waals surface area contributed by atoms with E-state index in [2.05, 4.69) is 6.92 Å². The van der Waals surface area contributed by atoms with Crippen molar-refractivity contribution >= 4 is 29.7 Å². The van der Waals surface area contributed by atoms with E-state index < -0.39 is 0 Å². The van der Waals surface area contributed by atoms with Crippen LogP contribution < -0.4 is 10.6 Å². The molecule has 22 heavy (non-hydrogen) atoms. The third kappa shape index (κ3) is 3.55. The molecule has 1 fully saturated rings. The number of carbonyl (C=O) groups excluding carboxylic acids is 1. The molecular formula is C17H25ClN2O2. The number of nitrogens with zero attached hydrogens (tertiary/aromatic N) is 1. The maximum absolute atomic E-state index is 12.5. The predicted molar refractivity (Wildman–Crippen MR) is 91.6 cm³/mol. The number of nitrogens with two attached hydrogens (primary N) is 1. The Hall–Kier alpha value is -1.26. The van der Waals surface area contributed by atoms with Gasteiger partial charge in [-0.2, -0.15) is 0 Å². The van der Waals surface area contributed by atoms with Crippen LogP contribution in [0.5, 0.6) is 0 Å². The van der Waals surface area contributed by atoms with Gasteiger partial charge in [-0.05, 0) is 56.7 Å². The molecule has 2 N–H and O–H groups in total. The van der Waals surface area contributed by atoms with E-state index in [0.717, 1.165) is 55.6 Å². The second-order valence-corrected chi connectivity index (χ2v) is 6.18. The van der Waals surface area contributed by atoms with E-state index in [0.29, 0.717) is 12.5 Å². The van der Waals surface area contributed by atoms with Crippen LogP contribution >= 0.6 is 12.4 Å². The zero-order valence-corrected chi connectivity index (χ0v) is 13.9. The molecule has 2 atom stereocenters. The summed E-state index contributed by atoms with van der Waals surface area (Å²) in [4.78, 5) is 14.5. The van der Waals surface area contributed by atoms with Gasteiger partial charge in [0.1, 0.15) is 0 Å². The number of rotatable bonds is 3.